The molecule has 0 bridgehead atoms. The summed E-state index contributed by atoms with van der Waals surface area (Å²) in [6, 6.07) is 12.2. The fraction of sp³-hybridized carbons (Fsp3) is 0.346. The topological polar surface area (TPSA) is 76.8 Å². The van der Waals surface area contributed by atoms with Crippen LogP contribution in [0.2, 0.25) is 5.02 Å². The highest BCUT2D eigenvalue weighted by Gasteiger charge is 2.29. The Bertz CT molecular complexity index is 1270. The van der Waals surface area contributed by atoms with Crippen molar-refractivity contribution in [3.05, 3.63) is 80.2 Å². The second-order valence-electron chi connectivity index (χ2n) is 8.74. The van der Waals surface area contributed by atoms with Gasteiger partial charge in [0.1, 0.15) is 12.2 Å². The van der Waals surface area contributed by atoms with Crippen LogP contribution in [0.25, 0.3) is 11.0 Å². The zero-order valence-corrected chi connectivity index (χ0v) is 18.9. The first-order valence-electron chi connectivity index (χ1n) is 11.3. The van der Waals surface area contributed by atoms with Gasteiger partial charge in [0.15, 0.2) is 0 Å². The van der Waals surface area contributed by atoms with Crippen LogP contribution in [0.15, 0.2) is 51.7 Å². The highest BCUT2D eigenvalue weighted by Crippen LogP contribution is 2.29. The number of piperidine rings is 1. The van der Waals surface area contributed by atoms with Gasteiger partial charge in [-0.15, -0.1) is 0 Å². The Morgan fingerprint density at radius 3 is 2.45 bits per heavy atom. The van der Waals surface area contributed by atoms with Gasteiger partial charge in [0, 0.05) is 40.7 Å². The molecule has 1 aliphatic carbocycles. The Hall–Kier alpha value is -3.12. The maximum atomic E-state index is 12.7. The van der Waals surface area contributed by atoms with Crippen molar-refractivity contribution in [2.75, 3.05) is 13.1 Å². The molecule has 7 heteroatoms. The van der Waals surface area contributed by atoms with Crippen LogP contribution in [0.4, 0.5) is 0 Å². The predicted octanol–water partition coefficient (Wildman–Crippen LogP) is 4.53. The van der Waals surface area contributed by atoms with E-state index in [9.17, 15) is 14.4 Å². The molecule has 0 spiro atoms. The normalized spacial score (nSPS) is 16.1. The Kier molecular flexibility index (Phi) is 5.94. The number of nitrogens with zero attached hydrogens (tertiary/aromatic N) is 1. The maximum absolute atomic E-state index is 12.7. The van der Waals surface area contributed by atoms with E-state index in [4.69, 9.17) is 20.8 Å². The molecule has 1 amide bonds. The molecule has 5 rings (SSSR count). The zero-order chi connectivity index (χ0) is 22.9. The summed E-state index contributed by atoms with van der Waals surface area (Å²) in [4.78, 5) is 39.2. The van der Waals surface area contributed by atoms with Crippen LogP contribution < -0.4 is 5.63 Å². The number of hydrogen-bond acceptors (Lipinski definition) is 5. The van der Waals surface area contributed by atoms with Gasteiger partial charge in [-0.1, -0.05) is 11.6 Å². The van der Waals surface area contributed by atoms with Crippen molar-refractivity contribution in [2.24, 2.45) is 5.92 Å². The van der Waals surface area contributed by atoms with Gasteiger partial charge in [-0.25, -0.2) is 4.79 Å². The molecular formula is C26H24ClNO5. The van der Waals surface area contributed by atoms with Crippen molar-refractivity contribution < 1.29 is 18.7 Å². The van der Waals surface area contributed by atoms with Gasteiger partial charge in [0.2, 0.25) is 0 Å². The number of halogens is 1. The SMILES string of the molecule is O=C(OCc1cc(=O)oc2cc3c(cc12)CCC3)C1CCN(C(=O)c2ccc(Cl)cc2)CC1. The third kappa shape index (κ3) is 4.53. The summed E-state index contributed by atoms with van der Waals surface area (Å²) in [5.41, 5.74) is 3.84. The summed E-state index contributed by atoms with van der Waals surface area (Å²) in [5, 5.41) is 1.41. The lowest BCUT2D eigenvalue weighted by molar-refractivity contribution is -0.151. The predicted molar refractivity (Wildman–Crippen MR) is 124 cm³/mol. The molecule has 1 aliphatic heterocycles. The fourth-order valence-electron chi connectivity index (χ4n) is 4.77. The molecule has 170 valence electrons. The Labute approximate surface area is 196 Å². The van der Waals surface area contributed by atoms with E-state index in [1.54, 1.807) is 29.2 Å². The minimum absolute atomic E-state index is 0.0314. The quantitative estimate of drug-likeness (QED) is 0.418. The van der Waals surface area contributed by atoms with Gasteiger partial charge in [-0.3, -0.25) is 9.59 Å². The van der Waals surface area contributed by atoms with Crippen molar-refractivity contribution in [1.82, 2.24) is 4.90 Å². The van der Waals surface area contributed by atoms with E-state index in [-0.39, 0.29) is 24.4 Å². The average Bonchev–Trinajstić information content (AvgIpc) is 3.28. The number of esters is 1. The monoisotopic (exact) mass is 465 g/mol. The lowest BCUT2D eigenvalue weighted by atomic mass is 9.96. The first kappa shape index (κ1) is 21.7. The standard InChI is InChI=1S/C26H24ClNO5/c27-21-6-4-16(5-7-21)25(30)28-10-8-17(9-11-28)26(31)32-15-20-14-24(29)33-23-13-19-3-1-2-18(19)12-22(20)23/h4-7,12-14,17H,1-3,8-11,15H2. The van der Waals surface area contributed by atoms with Crippen LogP contribution in [0.1, 0.15) is 46.3 Å². The maximum Gasteiger partial charge on any atom is 0.336 e. The van der Waals surface area contributed by atoms with Crippen LogP contribution in [0.3, 0.4) is 0 Å². The second kappa shape index (κ2) is 9.02. The fourth-order valence-corrected chi connectivity index (χ4v) is 4.90. The third-order valence-electron chi connectivity index (χ3n) is 6.62. The van der Waals surface area contributed by atoms with Crippen LogP contribution in [-0.2, 0) is 29.0 Å². The Morgan fingerprint density at radius 1 is 1.03 bits per heavy atom. The summed E-state index contributed by atoms with van der Waals surface area (Å²) >= 11 is 5.90. The number of fused-ring (bicyclic) bond motifs is 2. The van der Waals surface area contributed by atoms with Gasteiger partial charge < -0.3 is 14.1 Å². The highest BCUT2D eigenvalue weighted by atomic mass is 35.5. The van der Waals surface area contributed by atoms with Gasteiger partial charge in [-0.05, 0) is 79.6 Å². The molecule has 0 N–H and O–H groups in total. The van der Waals surface area contributed by atoms with E-state index in [1.807, 2.05) is 6.07 Å². The number of carbonyl (C=O) groups is 2. The van der Waals surface area contributed by atoms with Crippen molar-refractivity contribution >= 4 is 34.4 Å². The number of likely N-dealkylation sites (tertiary alicyclic amines) is 1. The number of ether oxygens (including phenoxy) is 1. The molecule has 2 aliphatic rings. The van der Waals surface area contributed by atoms with Crippen molar-refractivity contribution in [2.45, 2.75) is 38.7 Å². The lowest BCUT2D eigenvalue weighted by Crippen LogP contribution is -2.40. The molecule has 1 aromatic heterocycles. The number of benzene rings is 2. The van der Waals surface area contributed by atoms with E-state index in [0.29, 0.717) is 47.7 Å². The van der Waals surface area contributed by atoms with Gasteiger partial charge in [0.25, 0.3) is 5.91 Å². The van der Waals surface area contributed by atoms with Gasteiger partial charge >= 0.3 is 11.6 Å². The third-order valence-corrected chi connectivity index (χ3v) is 6.87. The van der Waals surface area contributed by atoms with Crippen molar-refractivity contribution in [1.29, 1.82) is 0 Å². The number of hydrogen-bond donors (Lipinski definition) is 0. The summed E-state index contributed by atoms with van der Waals surface area (Å²) in [7, 11) is 0. The minimum Gasteiger partial charge on any atom is -0.461 e. The molecular weight excluding hydrogens is 442 g/mol. The molecule has 1 saturated heterocycles. The minimum atomic E-state index is -0.444. The zero-order valence-electron chi connectivity index (χ0n) is 18.1. The van der Waals surface area contributed by atoms with Crippen LogP contribution in [-0.4, -0.2) is 29.9 Å². The molecule has 0 radical (unpaired) electrons. The largest absolute Gasteiger partial charge is 0.461 e. The number of carbonyl (C=O) groups excluding carboxylic acids is 2. The molecule has 0 saturated carbocycles. The molecule has 0 unspecified atom stereocenters. The van der Waals surface area contributed by atoms with E-state index in [2.05, 4.69) is 6.07 Å². The summed E-state index contributed by atoms with van der Waals surface area (Å²) in [6.07, 6.45) is 4.19. The second-order valence-corrected chi connectivity index (χ2v) is 9.18. The summed E-state index contributed by atoms with van der Waals surface area (Å²) in [5.74, 6) is -0.625. The molecule has 2 heterocycles. The van der Waals surface area contributed by atoms with Gasteiger partial charge in [0.05, 0.1) is 5.92 Å². The smallest absolute Gasteiger partial charge is 0.336 e. The van der Waals surface area contributed by atoms with E-state index < -0.39 is 5.63 Å². The molecule has 33 heavy (non-hydrogen) atoms. The molecule has 1 fully saturated rings. The van der Waals surface area contributed by atoms with Crippen LogP contribution in [0.5, 0.6) is 0 Å². The number of rotatable bonds is 4. The molecule has 3 aromatic rings. The highest BCUT2D eigenvalue weighted by molar-refractivity contribution is 6.30. The van der Waals surface area contributed by atoms with E-state index in [1.165, 1.54) is 17.2 Å². The van der Waals surface area contributed by atoms with Crippen molar-refractivity contribution in [3.8, 4) is 0 Å². The lowest BCUT2D eigenvalue weighted by Gasteiger charge is -2.31. The number of aryl methyl sites for hydroxylation is 2. The van der Waals surface area contributed by atoms with Crippen molar-refractivity contribution in [3.63, 3.8) is 0 Å². The molecule has 2 aromatic carbocycles. The Morgan fingerprint density at radius 2 is 1.73 bits per heavy atom. The molecule has 0 atom stereocenters. The molecule has 6 nitrogen and oxygen atoms in total. The van der Waals surface area contributed by atoms with E-state index in [0.717, 1.165) is 24.6 Å². The first-order valence-corrected chi connectivity index (χ1v) is 11.7. The van der Waals surface area contributed by atoms with E-state index >= 15 is 0 Å². The van der Waals surface area contributed by atoms with Crippen LogP contribution in [0, 0.1) is 5.92 Å². The van der Waals surface area contributed by atoms with Gasteiger partial charge in [-0.2, -0.15) is 0 Å². The number of amides is 1. The summed E-state index contributed by atoms with van der Waals surface area (Å²) < 4.78 is 11.0. The Balaban J connectivity index is 1.22. The average molecular weight is 466 g/mol. The summed E-state index contributed by atoms with van der Waals surface area (Å²) in [6.45, 7) is 1.01. The first-order chi connectivity index (χ1) is 16.0. The van der Waals surface area contributed by atoms with Crippen LogP contribution >= 0.6 is 11.6 Å².